The Hall–Kier alpha value is -2.30. The smallest absolute Gasteiger partial charge is 0.323 e. The normalized spacial score (nSPS) is 22.7. The van der Waals surface area contributed by atoms with E-state index in [1.807, 2.05) is 23.1 Å². The number of amides is 2. The summed E-state index contributed by atoms with van der Waals surface area (Å²) in [5, 5.41) is 2.87. The minimum absolute atomic E-state index is 0.107. The Kier molecular flexibility index (Phi) is 3.56. The van der Waals surface area contributed by atoms with E-state index in [0.717, 1.165) is 30.3 Å². The number of pyridine rings is 1. The monoisotopic (exact) mass is 311 g/mol. The van der Waals surface area contributed by atoms with Gasteiger partial charge in [0.2, 0.25) is 0 Å². The molecule has 2 amide bonds. The summed E-state index contributed by atoms with van der Waals surface area (Å²) in [6.45, 7) is 2.76. The minimum Gasteiger partial charge on any atom is -0.464 e. The maximum atomic E-state index is 12.5. The van der Waals surface area contributed by atoms with Crippen LogP contribution in [0.5, 0.6) is 0 Å². The Morgan fingerprint density at radius 2 is 2.17 bits per heavy atom. The molecule has 2 aromatic heterocycles. The van der Waals surface area contributed by atoms with Crippen molar-refractivity contribution in [3.05, 3.63) is 48.0 Å². The largest absolute Gasteiger partial charge is 0.464 e. The van der Waals surface area contributed by atoms with Crippen molar-refractivity contribution in [1.82, 2.24) is 9.88 Å². The molecule has 4 rings (SSSR count). The molecule has 0 unspecified atom stereocenters. The molecule has 0 radical (unpaired) electrons. The van der Waals surface area contributed by atoms with Crippen LogP contribution in [0, 0.1) is 5.92 Å². The highest BCUT2D eigenvalue weighted by Gasteiger charge is 2.37. The first-order valence-electron chi connectivity index (χ1n) is 8.28. The second-order valence-electron chi connectivity index (χ2n) is 6.63. The van der Waals surface area contributed by atoms with E-state index in [1.165, 1.54) is 6.42 Å². The van der Waals surface area contributed by atoms with Gasteiger partial charge in [-0.15, -0.1) is 0 Å². The van der Waals surface area contributed by atoms with Gasteiger partial charge in [0.05, 0.1) is 6.54 Å². The summed E-state index contributed by atoms with van der Waals surface area (Å²) in [6.07, 6.45) is 5.00. The first kappa shape index (κ1) is 14.3. The van der Waals surface area contributed by atoms with Crippen molar-refractivity contribution < 1.29 is 9.21 Å². The highest BCUT2D eigenvalue weighted by molar-refractivity contribution is 5.88. The molecule has 2 aliphatic rings. The molecule has 120 valence electrons. The van der Waals surface area contributed by atoms with E-state index in [4.69, 9.17) is 4.42 Å². The average Bonchev–Trinajstić information content (AvgIpc) is 3.47. The predicted molar refractivity (Wildman–Crippen MR) is 87.1 cm³/mol. The van der Waals surface area contributed by atoms with Crippen LogP contribution in [0.25, 0.3) is 0 Å². The van der Waals surface area contributed by atoms with Crippen molar-refractivity contribution in [3.63, 3.8) is 0 Å². The summed E-state index contributed by atoms with van der Waals surface area (Å²) >= 11 is 0. The lowest BCUT2D eigenvalue weighted by atomic mass is 10.3. The van der Waals surface area contributed by atoms with Crippen molar-refractivity contribution in [3.8, 4) is 0 Å². The van der Waals surface area contributed by atoms with Gasteiger partial charge >= 0.3 is 6.03 Å². The van der Waals surface area contributed by atoms with E-state index in [1.54, 1.807) is 12.3 Å². The standard InChI is InChI=1S/C18H21N3O2/c1-12-10-15(12)16-8-7-14(23-16)11-21(13-5-6-13)18(22)20-17-4-2-3-9-19-17/h2-4,7-9,12-13,15H,5-6,10-11H2,1H3,(H,19,20,22)/t12-,15+/m0/s1. The molecule has 0 bridgehead atoms. The van der Waals surface area contributed by atoms with Crippen LogP contribution in [-0.2, 0) is 6.54 Å². The van der Waals surface area contributed by atoms with E-state index >= 15 is 0 Å². The lowest BCUT2D eigenvalue weighted by Crippen LogP contribution is -2.36. The molecule has 2 atom stereocenters. The number of nitrogens with zero attached hydrogens (tertiary/aromatic N) is 2. The average molecular weight is 311 g/mol. The molecule has 2 fully saturated rings. The number of carbonyl (C=O) groups excluding carboxylic acids is 1. The molecule has 0 aromatic carbocycles. The van der Waals surface area contributed by atoms with Gasteiger partial charge in [-0.3, -0.25) is 5.32 Å². The number of anilines is 1. The van der Waals surface area contributed by atoms with E-state index in [0.29, 0.717) is 24.3 Å². The Labute approximate surface area is 135 Å². The molecule has 5 heteroatoms. The highest BCUT2D eigenvalue weighted by Crippen LogP contribution is 2.47. The second kappa shape index (κ2) is 5.72. The third kappa shape index (κ3) is 3.23. The summed E-state index contributed by atoms with van der Waals surface area (Å²) in [4.78, 5) is 18.5. The van der Waals surface area contributed by atoms with Gasteiger partial charge in [-0.1, -0.05) is 13.0 Å². The zero-order valence-corrected chi connectivity index (χ0v) is 13.2. The van der Waals surface area contributed by atoms with Crippen LogP contribution in [0.4, 0.5) is 10.6 Å². The van der Waals surface area contributed by atoms with Crippen LogP contribution >= 0.6 is 0 Å². The molecule has 0 aliphatic heterocycles. The summed E-state index contributed by atoms with van der Waals surface area (Å²) < 4.78 is 5.95. The molecular formula is C18H21N3O2. The number of urea groups is 1. The van der Waals surface area contributed by atoms with Crippen LogP contribution in [0.15, 0.2) is 40.9 Å². The van der Waals surface area contributed by atoms with Crippen molar-refractivity contribution in [2.24, 2.45) is 5.92 Å². The van der Waals surface area contributed by atoms with Gasteiger partial charge < -0.3 is 9.32 Å². The van der Waals surface area contributed by atoms with Gasteiger partial charge in [-0.2, -0.15) is 0 Å². The molecule has 23 heavy (non-hydrogen) atoms. The lowest BCUT2D eigenvalue weighted by molar-refractivity contribution is 0.200. The minimum atomic E-state index is -0.107. The SMILES string of the molecule is C[C@H]1C[C@H]1c1ccc(CN(C(=O)Nc2ccccn2)C2CC2)o1. The van der Waals surface area contributed by atoms with E-state index < -0.39 is 0 Å². The summed E-state index contributed by atoms with van der Waals surface area (Å²) in [6, 6.07) is 9.76. The lowest BCUT2D eigenvalue weighted by Gasteiger charge is -2.21. The molecule has 0 spiro atoms. The van der Waals surface area contributed by atoms with Gasteiger partial charge in [0.1, 0.15) is 17.3 Å². The first-order valence-corrected chi connectivity index (χ1v) is 8.28. The van der Waals surface area contributed by atoms with Gasteiger partial charge in [-0.25, -0.2) is 9.78 Å². The van der Waals surface area contributed by atoms with Gasteiger partial charge in [-0.05, 0) is 49.4 Å². The van der Waals surface area contributed by atoms with Crippen LogP contribution in [-0.4, -0.2) is 22.0 Å². The third-order valence-corrected chi connectivity index (χ3v) is 4.63. The number of carbonyl (C=O) groups is 1. The predicted octanol–water partition coefficient (Wildman–Crippen LogP) is 3.99. The van der Waals surface area contributed by atoms with E-state index in [-0.39, 0.29) is 6.03 Å². The molecule has 2 aliphatic carbocycles. The quantitative estimate of drug-likeness (QED) is 0.908. The molecule has 2 saturated carbocycles. The number of hydrogen-bond acceptors (Lipinski definition) is 3. The number of rotatable bonds is 5. The van der Waals surface area contributed by atoms with Crippen molar-refractivity contribution in [1.29, 1.82) is 0 Å². The zero-order valence-electron chi connectivity index (χ0n) is 13.2. The maximum absolute atomic E-state index is 12.5. The topological polar surface area (TPSA) is 58.4 Å². The van der Waals surface area contributed by atoms with Crippen molar-refractivity contribution in [2.45, 2.75) is 44.7 Å². The third-order valence-electron chi connectivity index (χ3n) is 4.63. The molecule has 5 nitrogen and oxygen atoms in total. The van der Waals surface area contributed by atoms with E-state index in [2.05, 4.69) is 23.3 Å². The van der Waals surface area contributed by atoms with Crippen molar-refractivity contribution >= 4 is 11.8 Å². The summed E-state index contributed by atoms with van der Waals surface area (Å²) in [5.41, 5.74) is 0. The van der Waals surface area contributed by atoms with Gasteiger partial charge in [0.15, 0.2) is 0 Å². The Bertz CT molecular complexity index is 693. The highest BCUT2D eigenvalue weighted by atomic mass is 16.3. The van der Waals surface area contributed by atoms with Crippen LogP contribution in [0.3, 0.4) is 0 Å². The molecule has 2 aromatic rings. The molecule has 1 N–H and O–H groups in total. The fraction of sp³-hybridized carbons (Fsp3) is 0.444. The molecular weight excluding hydrogens is 290 g/mol. The number of furan rings is 1. The zero-order chi connectivity index (χ0) is 15.8. The summed E-state index contributed by atoms with van der Waals surface area (Å²) in [5.74, 6) is 3.80. The number of hydrogen-bond donors (Lipinski definition) is 1. The van der Waals surface area contributed by atoms with E-state index in [9.17, 15) is 4.79 Å². The van der Waals surface area contributed by atoms with Gasteiger partial charge in [0, 0.05) is 18.2 Å². The molecule has 0 saturated heterocycles. The first-order chi connectivity index (χ1) is 11.2. The number of aromatic nitrogens is 1. The molecule has 2 heterocycles. The van der Waals surface area contributed by atoms with Gasteiger partial charge in [0.25, 0.3) is 0 Å². The fourth-order valence-electron chi connectivity index (χ4n) is 2.94. The number of nitrogens with one attached hydrogen (secondary N) is 1. The maximum Gasteiger partial charge on any atom is 0.323 e. The summed E-state index contributed by atoms with van der Waals surface area (Å²) in [7, 11) is 0. The van der Waals surface area contributed by atoms with Crippen LogP contribution in [0.1, 0.15) is 43.6 Å². The van der Waals surface area contributed by atoms with Crippen molar-refractivity contribution in [2.75, 3.05) is 5.32 Å². The van der Waals surface area contributed by atoms with Crippen LogP contribution in [0.2, 0.25) is 0 Å². The van der Waals surface area contributed by atoms with Crippen LogP contribution < -0.4 is 5.32 Å². The fourth-order valence-corrected chi connectivity index (χ4v) is 2.94. The Morgan fingerprint density at radius 3 is 2.83 bits per heavy atom. The Balaban J connectivity index is 1.43. The second-order valence-corrected chi connectivity index (χ2v) is 6.63. The Morgan fingerprint density at radius 1 is 1.35 bits per heavy atom.